The Morgan fingerprint density at radius 3 is 2.39 bits per heavy atom. The Bertz CT molecular complexity index is 550. The molecule has 0 aliphatic carbocycles. The SMILES string of the molecule is CC(C(=O)O)c1ccc(N2CCCS2(=O)=O)cc1. The summed E-state index contributed by atoms with van der Waals surface area (Å²) in [5.74, 6) is -1.30. The van der Waals surface area contributed by atoms with Crippen molar-refractivity contribution in [2.24, 2.45) is 0 Å². The molecule has 5 nitrogen and oxygen atoms in total. The Morgan fingerprint density at radius 2 is 1.94 bits per heavy atom. The smallest absolute Gasteiger partial charge is 0.310 e. The van der Waals surface area contributed by atoms with Crippen molar-refractivity contribution in [1.82, 2.24) is 0 Å². The normalized spacial score (nSPS) is 19.7. The van der Waals surface area contributed by atoms with Gasteiger partial charge in [0.15, 0.2) is 0 Å². The van der Waals surface area contributed by atoms with Crippen LogP contribution in [-0.2, 0) is 14.8 Å². The summed E-state index contributed by atoms with van der Waals surface area (Å²) in [6.07, 6.45) is 0.635. The fraction of sp³-hybridized carbons (Fsp3) is 0.417. The van der Waals surface area contributed by atoms with E-state index >= 15 is 0 Å². The molecule has 1 aliphatic heterocycles. The standard InChI is InChI=1S/C12H15NO4S/c1-9(12(14)15)10-3-5-11(6-4-10)13-7-2-8-18(13,16)17/h3-6,9H,2,7-8H2,1H3,(H,14,15). The minimum absolute atomic E-state index is 0.181. The fourth-order valence-corrected chi connectivity index (χ4v) is 3.57. The van der Waals surface area contributed by atoms with Gasteiger partial charge in [0, 0.05) is 6.54 Å². The number of sulfonamides is 1. The first-order valence-corrected chi connectivity index (χ1v) is 7.36. The minimum atomic E-state index is -3.17. The minimum Gasteiger partial charge on any atom is -0.481 e. The van der Waals surface area contributed by atoms with Crippen LogP contribution >= 0.6 is 0 Å². The second-order valence-corrected chi connectivity index (χ2v) is 6.41. The highest BCUT2D eigenvalue weighted by atomic mass is 32.2. The number of aliphatic carboxylic acids is 1. The van der Waals surface area contributed by atoms with E-state index in [0.717, 1.165) is 0 Å². The zero-order chi connectivity index (χ0) is 13.3. The molecule has 0 spiro atoms. The molecule has 0 radical (unpaired) electrons. The maximum atomic E-state index is 11.7. The van der Waals surface area contributed by atoms with Gasteiger partial charge in [-0.1, -0.05) is 12.1 Å². The lowest BCUT2D eigenvalue weighted by molar-refractivity contribution is -0.138. The van der Waals surface area contributed by atoms with Crippen molar-refractivity contribution in [2.75, 3.05) is 16.6 Å². The summed E-state index contributed by atoms with van der Waals surface area (Å²) in [4.78, 5) is 10.8. The van der Waals surface area contributed by atoms with Crippen LogP contribution in [0.4, 0.5) is 5.69 Å². The van der Waals surface area contributed by atoms with E-state index in [2.05, 4.69) is 0 Å². The molecule has 1 unspecified atom stereocenters. The van der Waals surface area contributed by atoms with Gasteiger partial charge in [0.1, 0.15) is 0 Å². The van der Waals surface area contributed by atoms with Crippen LogP contribution in [0.5, 0.6) is 0 Å². The Hall–Kier alpha value is -1.56. The highest BCUT2D eigenvalue weighted by Gasteiger charge is 2.28. The van der Waals surface area contributed by atoms with Gasteiger partial charge in [0.05, 0.1) is 17.4 Å². The molecular weight excluding hydrogens is 254 g/mol. The molecule has 1 fully saturated rings. The Balaban J connectivity index is 2.26. The van der Waals surface area contributed by atoms with Gasteiger partial charge in [-0.2, -0.15) is 0 Å². The molecule has 0 aromatic heterocycles. The predicted molar refractivity (Wildman–Crippen MR) is 68.2 cm³/mol. The summed E-state index contributed by atoms with van der Waals surface area (Å²) in [6, 6.07) is 6.67. The van der Waals surface area contributed by atoms with Crippen molar-refractivity contribution < 1.29 is 18.3 Å². The molecule has 1 aliphatic rings. The molecule has 18 heavy (non-hydrogen) atoms. The molecule has 6 heteroatoms. The highest BCUT2D eigenvalue weighted by Crippen LogP contribution is 2.26. The summed E-state index contributed by atoms with van der Waals surface area (Å²) < 4.78 is 24.8. The molecule has 98 valence electrons. The van der Waals surface area contributed by atoms with E-state index in [9.17, 15) is 13.2 Å². The van der Waals surface area contributed by atoms with Gasteiger partial charge >= 0.3 is 5.97 Å². The molecule has 1 heterocycles. The fourth-order valence-electron chi connectivity index (χ4n) is 2.00. The van der Waals surface area contributed by atoms with Crippen LogP contribution in [0.1, 0.15) is 24.8 Å². The molecule has 0 bridgehead atoms. The van der Waals surface area contributed by atoms with E-state index in [4.69, 9.17) is 5.11 Å². The number of nitrogens with zero attached hydrogens (tertiary/aromatic N) is 1. The quantitative estimate of drug-likeness (QED) is 0.900. The van der Waals surface area contributed by atoms with Gasteiger partial charge < -0.3 is 5.11 Å². The third kappa shape index (κ3) is 2.33. The van der Waals surface area contributed by atoms with E-state index in [0.29, 0.717) is 24.2 Å². The third-order valence-corrected chi connectivity index (χ3v) is 5.02. The van der Waals surface area contributed by atoms with Crippen molar-refractivity contribution in [3.8, 4) is 0 Å². The van der Waals surface area contributed by atoms with Crippen molar-refractivity contribution >= 4 is 21.7 Å². The van der Waals surface area contributed by atoms with E-state index in [1.54, 1.807) is 31.2 Å². The average molecular weight is 269 g/mol. The van der Waals surface area contributed by atoms with Gasteiger partial charge in [-0.05, 0) is 31.0 Å². The van der Waals surface area contributed by atoms with Gasteiger partial charge in [-0.3, -0.25) is 9.10 Å². The number of carboxylic acids is 1. The van der Waals surface area contributed by atoms with Gasteiger partial charge in [0.2, 0.25) is 10.0 Å². The second-order valence-electron chi connectivity index (χ2n) is 4.39. The maximum absolute atomic E-state index is 11.7. The van der Waals surface area contributed by atoms with Crippen LogP contribution in [-0.4, -0.2) is 31.8 Å². The Labute approximate surface area is 106 Å². The second kappa shape index (κ2) is 4.61. The number of carbonyl (C=O) groups is 1. The summed E-state index contributed by atoms with van der Waals surface area (Å²) in [5, 5.41) is 8.89. The first-order valence-electron chi connectivity index (χ1n) is 5.75. The first kappa shape index (κ1) is 12.9. The van der Waals surface area contributed by atoms with Crippen LogP contribution < -0.4 is 4.31 Å². The topological polar surface area (TPSA) is 74.7 Å². The van der Waals surface area contributed by atoms with Crippen LogP contribution in [0.25, 0.3) is 0 Å². The molecule has 1 saturated heterocycles. The molecule has 1 N–H and O–H groups in total. The molecular formula is C12H15NO4S. The number of rotatable bonds is 3. The number of carboxylic acid groups (broad SMARTS) is 1. The van der Waals surface area contributed by atoms with Crippen molar-refractivity contribution in [1.29, 1.82) is 0 Å². The van der Waals surface area contributed by atoms with Crippen molar-refractivity contribution in [2.45, 2.75) is 19.3 Å². The molecule has 1 atom stereocenters. The van der Waals surface area contributed by atoms with Gasteiger partial charge in [-0.15, -0.1) is 0 Å². The van der Waals surface area contributed by atoms with E-state index in [-0.39, 0.29) is 5.75 Å². The average Bonchev–Trinajstić information content (AvgIpc) is 2.68. The zero-order valence-corrected chi connectivity index (χ0v) is 10.9. The van der Waals surface area contributed by atoms with Gasteiger partial charge in [-0.25, -0.2) is 8.42 Å². The number of anilines is 1. The molecule has 0 saturated carbocycles. The largest absolute Gasteiger partial charge is 0.481 e. The van der Waals surface area contributed by atoms with E-state index in [1.165, 1.54) is 4.31 Å². The predicted octanol–water partition coefficient (Wildman–Crippen LogP) is 1.41. The van der Waals surface area contributed by atoms with Crippen LogP contribution in [0.15, 0.2) is 24.3 Å². The summed E-state index contributed by atoms with van der Waals surface area (Å²) in [6.45, 7) is 2.10. The van der Waals surface area contributed by atoms with Crippen molar-refractivity contribution in [3.05, 3.63) is 29.8 Å². The van der Waals surface area contributed by atoms with E-state index in [1.807, 2.05) is 0 Å². The Kier molecular flexibility index (Phi) is 3.30. The van der Waals surface area contributed by atoms with Crippen LogP contribution in [0.2, 0.25) is 0 Å². The van der Waals surface area contributed by atoms with Crippen LogP contribution in [0.3, 0.4) is 0 Å². The lowest BCUT2D eigenvalue weighted by atomic mass is 10.0. The van der Waals surface area contributed by atoms with Crippen molar-refractivity contribution in [3.63, 3.8) is 0 Å². The monoisotopic (exact) mass is 269 g/mol. The molecule has 1 aromatic carbocycles. The van der Waals surface area contributed by atoms with Gasteiger partial charge in [0.25, 0.3) is 0 Å². The first-order chi connectivity index (χ1) is 8.42. The Morgan fingerprint density at radius 1 is 1.33 bits per heavy atom. The molecule has 1 aromatic rings. The number of hydrogen-bond donors (Lipinski definition) is 1. The third-order valence-electron chi connectivity index (χ3n) is 3.15. The summed E-state index contributed by atoms with van der Waals surface area (Å²) in [5.41, 5.74) is 1.27. The van der Waals surface area contributed by atoms with E-state index < -0.39 is 21.9 Å². The molecule has 0 amide bonds. The number of hydrogen-bond acceptors (Lipinski definition) is 3. The lowest BCUT2D eigenvalue weighted by Gasteiger charge is -2.17. The summed E-state index contributed by atoms with van der Waals surface area (Å²) in [7, 11) is -3.17. The number of benzene rings is 1. The molecule has 2 rings (SSSR count). The lowest BCUT2D eigenvalue weighted by Crippen LogP contribution is -2.25. The van der Waals surface area contributed by atoms with Crippen LogP contribution in [0, 0.1) is 0 Å². The maximum Gasteiger partial charge on any atom is 0.310 e. The zero-order valence-electron chi connectivity index (χ0n) is 10.0. The summed E-state index contributed by atoms with van der Waals surface area (Å²) >= 11 is 0. The highest BCUT2D eigenvalue weighted by molar-refractivity contribution is 7.93.